The standard InChI is InChI=1S/C20H23ClN10O8/c21-14-9-16(29-18(23)27-14)31(5-26-9)20(13(37)11(35)8(3-33)39-20)19(12(36)10(34)7(2-32)38-19)30-4-25-6-1-24-17(22)28-15(6)30/h1,4-5,7-8,10-13,32-37H,2-3H2,(H2,22,24,28)(H2,23,27,29)/t7-,8-,10-,11-,12-,13-,19?,20?/m1/s1. The van der Waals surface area contributed by atoms with Crippen LogP contribution in [0, 0.1) is 0 Å². The zero-order valence-electron chi connectivity index (χ0n) is 19.7. The molecule has 2 fully saturated rings. The minimum absolute atomic E-state index is 0.00747. The first-order valence-electron chi connectivity index (χ1n) is 11.5. The quantitative estimate of drug-likeness (QED) is 0.107. The second-order valence-electron chi connectivity index (χ2n) is 9.15. The maximum absolute atomic E-state index is 11.7. The minimum atomic E-state index is -2.52. The van der Waals surface area contributed by atoms with Crippen molar-refractivity contribution in [1.82, 2.24) is 39.0 Å². The van der Waals surface area contributed by atoms with Crippen molar-refractivity contribution >= 4 is 45.8 Å². The number of imidazole rings is 2. The van der Waals surface area contributed by atoms with Gasteiger partial charge in [0.05, 0.1) is 32.1 Å². The third-order valence-electron chi connectivity index (χ3n) is 7.14. The lowest BCUT2D eigenvalue weighted by Gasteiger charge is -2.49. The van der Waals surface area contributed by atoms with E-state index in [0.29, 0.717) is 0 Å². The lowest BCUT2D eigenvalue weighted by molar-refractivity contribution is -0.322. The van der Waals surface area contributed by atoms with Crippen molar-refractivity contribution in [3.63, 3.8) is 0 Å². The fourth-order valence-electron chi connectivity index (χ4n) is 5.43. The fourth-order valence-corrected chi connectivity index (χ4v) is 5.65. The number of hydrogen-bond acceptors (Lipinski definition) is 16. The van der Waals surface area contributed by atoms with Crippen molar-refractivity contribution in [2.45, 2.75) is 48.1 Å². The van der Waals surface area contributed by atoms with Crippen molar-refractivity contribution < 1.29 is 40.1 Å². The Morgan fingerprint density at radius 2 is 1.33 bits per heavy atom. The van der Waals surface area contributed by atoms with Gasteiger partial charge < -0.3 is 51.6 Å². The predicted molar refractivity (Wildman–Crippen MR) is 128 cm³/mol. The second kappa shape index (κ2) is 8.84. The number of aliphatic hydroxyl groups excluding tert-OH is 6. The molecule has 8 atom stereocenters. The molecule has 19 heteroatoms. The van der Waals surface area contributed by atoms with E-state index in [1.54, 1.807) is 0 Å². The van der Waals surface area contributed by atoms with Crippen molar-refractivity contribution in [2.24, 2.45) is 0 Å². The van der Waals surface area contributed by atoms with Gasteiger partial charge in [0.2, 0.25) is 23.3 Å². The third-order valence-corrected chi connectivity index (χ3v) is 7.41. The molecule has 0 amide bonds. The molecular weight excluding hydrogens is 544 g/mol. The Hall–Kier alpha value is -3.33. The average molecular weight is 567 g/mol. The minimum Gasteiger partial charge on any atom is -0.394 e. The first kappa shape index (κ1) is 25.9. The fraction of sp³-hybridized carbons (Fsp3) is 0.500. The summed E-state index contributed by atoms with van der Waals surface area (Å²) in [6, 6.07) is 0. The number of hydrogen-bond donors (Lipinski definition) is 8. The molecule has 4 aromatic rings. The number of halogens is 1. The van der Waals surface area contributed by atoms with E-state index in [2.05, 4.69) is 29.9 Å². The van der Waals surface area contributed by atoms with Crippen molar-refractivity contribution in [1.29, 1.82) is 0 Å². The topological polar surface area (TPSA) is 279 Å². The molecule has 0 spiro atoms. The molecule has 0 aromatic carbocycles. The van der Waals surface area contributed by atoms with Gasteiger partial charge in [0.25, 0.3) is 0 Å². The summed E-state index contributed by atoms with van der Waals surface area (Å²) < 4.78 is 14.6. The van der Waals surface area contributed by atoms with E-state index in [4.69, 9.17) is 32.5 Å². The van der Waals surface area contributed by atoms with E-state index in [1.807, 2.05) is 0 Å². The van der Waals surface area contributed by atoms with Crippen molar-refractivity contribution in [3.05, 3.63) is 24.0 Å². The number of nitrogens with zero attached hydrogens (tertiary/aromatic N) is 8. The molecule has 2 aliphatic rings. The van der Waals surface area contributed by atoms with Crippen LogP contribution in [0.4, 0.5) is 11.9 Å². The van der Waals surface area contributed by atoms with Crippen LogP contribution in [0.1, 0.15) is 0 Å². The van der Waals surface area contributed by atoms with E-state index in [-0.39, 0.29) is 39.4 Å². The average Bonchev–Trinajstić information content (AvgIpc) is 3.65. The van der Waals surface area contributed by atoms with E-state index in [0.717, 1.165) is 21.8 Å². The Morgan fingerprint density at radius 1 is 0.795 bits per heavy atom. The smallest absolute Gasteiger partial charge is 0.228 e. The van der Waals surface area contributed by atoms with Crippen LogP contribution >= 0.6 is 11.6 Å². The molecule has 208 valence electrons. The molecular formula is C20H23ClN10O8. The van der Waals surface area contributed by atoms with Gasteiger partial charge in [-0.3, -0.25) is 9.13 Å². The second-order valence-corrected chi connectivity index (χ2v) is 9.51. The highest BCUT2D eigenvalue weighted by atomic mass is 35.5. The summed E-state index contributed by atoms with van der Waals surface area (Å²) in [5.41, 5.74) is 6.62. The number of aromatic nitrogens is 8. The van der Waals surface area contributed by atoms with Crippen LogP contribution in [0.5, 0.6) is 0 Å². The van der Waals surface area contributed by atoms with Gasteiger partial charge >= 0.3 is 0 Å². The number of aliphatic hydroxyl groups is 6. The van der Waals surface area contributed by atoms with Crippen molar-refractivity contribution in [2.75, 3.05) is 24.7 Å². The largest absolute Gasteiger partial charge is 0.394 e. The molecule has 18 nitrogen and oxygen atoms in total. The Morgan fingerprint density at radius 3 is 1.90 bits per heavy atom. The molecule has 0 bridgehead atoms. The highest BCUT2D eigenvalue weighted by Gasteiger charge is 2.76. The van der Waals surface area contributed by atoms with Crippen LogP contribution in [0.15, 0.2) is 18.9 Å². The molecule has 6 rings (SSSR count). The molecule has 10 N–H and O–H groups in total. The maximum Gasteiger partial charge on any atom is 0.228 e. The highest BCUT2D eigenvalue weighted by molar-refractivity contribution is 6.33. The molecule has 2 unspecified atom stereocenters. The molecule has 4 aromatic heterocycles. The molecule has 2 saturated heterocycles. The molecule has 0 saturated carbocycles. The highest BCUT2D eigenvalue weighted by Crippen LogP contribution is 2.55. The summed E-state index contributed by atoms with van der Waals surface area (Å²) >= 11 is 6.24. The number of nitrogens with two attached hydrogens (primary N) is 2. The Kier molecular flexibility index (Phi) is 5.88. The van der Waals surface area contributed by atoms with E-state index in [1.165, 1.54) is 6.20 Å². The van der Waals surface area contributed by atoms with Crippen LogP contribution in [0.25, 0.3) is 22.3 Å². The zero-order valence-corrected chi connectivity index (χ0v) is 20.5. The first-order chi connectivity index (χ1) is 18.6. The Balaban J connectivity index is 1.76. The van der Waals surface area contributed by atoms with Gasteiger partial charge in [0.15, 0.2) is 16.4 Å². The Bertz CT molecular complexity index is 1570. The summed E-state index contributed by atoms with van der Waals surface area (Å²) in [6.45, 7) is -1.57. The summed E-state index contributed by atoms with van der Waals surface area (Å²) in [5, 5.41) is 65.3. The summed E-state index contributed by atoms with van der Waals surface area (Å²) in [4.78, 5) is 24.5. The van der Waals surface area contributed by atoms with Crippen LogP contribution in [-0.4, -0.2) is 120 Å². The summed E-state index contributed by atoms with van der Waals surface area (Å²) in [5.74, 6) is -0.485. The maximum atomic E-state index is 11.7. The summed E-state index contributed by atoms with van der Waals surface area (Å²) in [6.07, 6.45) is -6.97. The predicted octanol–water partition coefficient (Wildman–Crippen LogP) is -3.98. The van der Waals surface area contributed by atoms with Crippen molar-refractivity contribution in [3.8, 4) is 0 Å². The van der Waals surface area contributed by atoms with Gasteiger partial charge in [-0.2, -0.15) is 15.0 Å². The molecule has 2 aliphatic heterocycles. The van der Waals surface area contributed by atoms with Crippen LogP contribution in [0.2, 0.25) is 5.15 Å². The summed E-state index contributed by atoms with van der Waals surface area (Å²) in [7, 11) is 0. The molecule has 0 aliphatic carbocycles. The number of ether oxygens (including phenoxy) is 2. The van der Waals surface area contributed by atoms with Gasteiger partial charge in [0.1, 0.15) is 47.7 Å². The van der Waals surface area contributed by atoms with Gasteiger partial charge in [0, 0.05) is 0 Å². The first-order valence-corrected chi connectivity index (χ1v) is 11.9. The van der Waals surface area contributed by atoms with Gasteiger partial charge in [-0.25, -0.2) is 15.0 Å². The van der Waals surface area contributed by atoms with Crippen LogP contribution in [0.3, 0.4) is 0 Å². The lowest BCUT2D eigenvalue weighted by atomic mass is 9.85. The number of nitrogen functional groups attached to an aromatic ring is 2. The lowest BCUT2D eigenvalue weighted by Crippen LogP contribution is -2.67. The molecule has 0 radical (unpaired) electrons. The SMILES string of the molecule is Nc1ncc2ncn(C3(C4(n5cnc6c(Cl)nc(N)nc65)O[C@H](CO)[C@@H](O)[C@H]4O)O[C@H](CO)[C@@H](O)[C@H]3O)c2n1. The number of fused-ring (bicyclic) bond motifs is 2. The normalized spacial score (nSPS) is 34.9. The number of anilines is 2. The zero-order chi connectivity index (χ0) is 27.9. The van der Waals surface area contributed by atoms with E-state index >= 15 is 0 Å². The van der Waals surface area contributed by atoms with Crippen LogP contribution in [-0.2, 0) is 20.9 Å². The van der Waals surface area contributed by atoms with Gasteiger partial charge in [-0.15, -0.1) is 0 Å². The van der Waals surface area contributed by atoms with E-state index in [9.17, 15) is 30.6 Å². The van der Waals surface area contributed by atoms with E-state index < -0.39 is 61.3 Å². The van der Waals surface area contributed by atoms with Crippen LogP contribution < -0.4 is 11.5 Å². The monoisotopic (exact) mass is 566 g/mol. The Labute approximate surface area is 222 Å². The third kappa shape index (κ3) is 3.25. The molecule has 6 heterocycles. The van der Waals surface area contributed by atoms with Gasteiger partial charge in [-0.05, 0) is 0 Å². The van der Waals surface area contributed by atoms with Gasteiger partial charge in [-0.1, -0.05) is 11.6 Å². The molecule has 39 heavy (non-hydrogen) atoms. The number of rotatable bonds is 5.